The Labute approximate surface area is 105 Å². The van der Waals surface area contributed by atoms with E-state index in [9.17, 15) is 0 Å². The van der Waals surface area contributed by atoms with Gasteiger partial charge in [0.15, 0.2) is 0 Å². The van der Waals surface area contributed by atoms with Crippen molar-refractivity contribution in [3.8, 4) is 17.6 Å². The molecule has 0 fully saturated rings. The summed E-state index contributed by atoms with van der Waals surface area (Å²) >= 11 is 5.88. The summed E-state index contributed by atoms with van der Waals surface area (Å²) in [6, 6.07) is 14.6. The highest BCUT2D eigenvalue weighted by Crippen LogP contribution is 2.28. The molecular weight excluding hydrogens is 234 g/mol. The number of hydrogen-bond acceptors (Lipinski definition) is 2. The van der Waals surface area contributed by atoms with E-state index in [1.165, 1.54) is 0 Å². The zero-order valence-corrected chi connectivity index (χ0v) is 10.0. The molecule has 0 atom stereocenters. The molecule has 0 bridgehead atoms. The van der Waals surface area contributed by atoms with Crippen molar-refractivity contribution in [3.63, 3.8) is 0 Å². The fourth-order valence-electron chi connectivity index (χ4n) is 1.41. The standard InChI is InChI=1S/C14H10ClNO/c1-10-2-6-13(7-3-10)17-14-8-12(15)5-4-11(14)9-16/h2-8H,1H3. The maximum absolute atomic E-state index is 8.96. The van der Waals surface area contributed by atoms with Gasteiger partial charge in [-0.2, -0.15) is 5.26 Å². The molecule has 0 radical (unpaired) electrons. The highest BCUT2D eigenvalue weighted by molar-refractivity contribution is 6.30. The number of aryl methyl sites for hydroxylation is 1. The molecule has 0 aliphatic heterocycles. The Hall–Kier alpha value is -1.98. The van der Waals surface area contributed by atoms with E-state index in [0.717, 1.165) is 5.56 Å². The molecule has 0 saturated carbocycles. The quantitative estimate of drug-likeness (QED) is 0.787. The third-order valence-corrected chi connectivity index (χ3v) is 2.55. The van der Waals surface area contributed by atoms with Gasteiger partial charge in [-0.1, -0.05) is 29.3 Å². The Kier molecular flexibility index (Phi) is 3.32. The number of ether oxygens (including phenoxy) is 1. The summed E-state index contributed by atoms with van der Waals surface area (Å²) in [5, 5.41) is 9.51. The van der Waals surface area contributed by atoms with Gasteiger partial charge in [0.25, 0.3) is 0 Å². The van der Waals surface area contributed by atoms with E-state index in [-0.39, 0.29) is 0 Å². The lowest BCUT2D eigenvalue weighted by molar-refractivity contribution is 0.481. The lowest BCUT2D eigenvalue weighted by Crippen LogP contribution is -1.88. The highest BCUT2D eigenvalue weighted by atomic mass is 35.5. The Balaban J connectivity index is 2.32. The van der Waals surface area contributed by atoms with Crippen molar-refractivity contribution in [2.24, 2.45) is 0 Å². The van der Waals surface area contributed by atoms with Gasteiger partial charge < -0.3 is 4.74 Å². The number of benzene rings is 2. The summed E-state index contributed by atoms with van der Waals surface area (Å²) in [5.74, 6) is 1.17. The van der Waals surface area contributed by atoms with Gasteiger partial charge in [-0.3, -0.25) is 0 Å². The molecule has 0 spiro atoms. The van der Waals surface area contributed by atoms with Crippen molar-refractivity contribution in [1.82, 2.24) is 0 Å². The van der Waals surface area contributed by atoms with E-state index in [2.05, 4.69) is 6.07 Å². The van der Waals surface area contributed by atoms with E-state index < -0.39 is 0 Å². The molecule has 0 saturated heterocycles. The minimum Gasteiger partial charge on any atom is -0.456 e. The molecule has 17 heavy (non-hydrogen) atoms. The highest BCUT2D eigenvalue weighted by Gasteiger charge is 2.05. The summed E-state index contributed by atoms with van der Waals surface area (Å²) in [5.41, 5.74) is 1.62. The minimum absolute atomic E-state index is 0.468. The molecular formula is C14H10ClNO. The predicted molar refractivity (Wildman–Crippen MR) is 67.4 cm³/mol. The first-order valence-electron chi connectivity index (χ1n) is 5.13. The van der Waals surface area contributed by atoms with E-state index >= 15 is 0 Å². The first kappa shape index (κ1) is 11.5. The second kappa shape index (κ2) is 4.90. The molecule has 0 aromatic heterocycles. The van der Waals surface area contributed by atoms with Crippen LogP contribution >= 0.6 is 11.6 Å². The zero-order valence-electron chi connectivity index (χ0n) is 9.27. The third-order valence-electron chi connectivity index (χ3n) is 2.31. The van der Waals surface area contributed by atoms with Gasteiger partial charge >= 0.3 is 0 Å². The van der Waals surface area contributed by atoms with Crippen LogP contribution in [0.15, 0.2) is 42.5 Å². The fraction of sp³-hybridized carbons (Fsp3) is 0.0714. The molecule has 2 aromatic rings. The zero-order chi connectivity index (χ0) is 12.3. The molecule has 84 valence electrons. The second-order valence-corrected chi connectivity index (χ2v) is 4.10. The molecule has 0 N–H and O–H groups in total. The first-order valence-corrected chi connectivity index (χ1v) is 5.51. The van der Waals surface area contributed by atoms with Crippen LogP contribution in [0.5, 0.6) is 11.5 Å². The molecule has 2 rings (SSSR count). The summed E-state index contributed by atoms with van der Waals surface area (Å²) in [6.07, 6.45) is 0. The van der Waals surface area contributed by atoms with Gasteiger partial charge in [-0.05, 0) is 31.2 Å². The van der Waals surface area contributed by atoms with Crippen LogP contribution in [0, 0.1) is 18.3 Å². The van der Waals surface area contributed by atoms with Crippen molar-refractivity contribution in [3.05, 3.63) is 58.6 Å². The van der Waals surface area contributed by atoms with Gasteiger partial charge in [0.1, 0.15) is 17.6 Å². The van der Waals surface area contributed by atoms with Crippen LogP contribution in [-0.4, -0.2) is 0 Å². The monoisotopic (exact) mass is 243 g/mol. The van der Waals surface area contributed by atoms with Crippen molar-refractivity contribution in [2.75, 3.05) is 0 Å². The molecule has 0 aliphatic carbocycles. The number of nitrogens with zero attached hydrogens (tertiary/aromatic N) is 1. The third kappa shape index (κ3) is 2.77. The fourth-order valence-corrected chi connectivity index (χ4v) is 1.57. The number of halogens is 1. The van der Waals surface area contributed by atoms with Crippen molar-refractivity contribution in [2.45, 2.75) is 6.92 Å². The van der Waals surface area contributed by atoms with E-state index in [4.69, 9.17) is 21.6 Å². The first-order chi connectivity index (χ1) is 8.19. The molecule has 2 aromatic carbocycles. The van der Waals surface area contributed by atoms with Crippen LogP contribution in [0.4, 0.5) is 0 Å². The van der Waals surface area contributed by atoms with Crippen LogP contribution in [0.2, 0.25) is 5.02 Å². The van der Waals surface area contributed by atoms with E-state index in [0.29, 0.717) is 22.1 Å². The maximum Gasteiger partial charge on any atom is 0.146 e. The molecule has 2 nitrogen and oxygen atoms in total. The van der Waals surface area contributed by atoms with Crippen LogP contribution < -0.4 is 4.74 Å². The summed E-state index contributed by atoms with van der Waals surface area (Å²) in [4.78, 5) is 0. The largest absolute Gasteiger partial charge is 0.456 e. The van der Waals surface area contributed by atoms with E-state index in [1.807, 2.05) is 31.2 Å². The summed E-state index contributed by atoms with van der Waals surface area (Å²) < 4.78 is 5.63. The smallest absolute Gasteiger partial charge is 0.146 e. The molecule has 0 amide bonds. The molecule has 3 heteroatoms. The van der Waals surface area contributed by atoms with Crippen molar-refractivity contribution < 1.29 is 4.74 Å². The van der Waals surface area contributed by atoms with Crippen molar-refractivity contribution in [1.29, 1.82) is 5.26 Å². The van der Waals surface area contributed by atoms with Crippen LogP contribution in [-0.2, 0) is 0 Å². The van der Waals surface area contributed by atoms with Gasteiger partial charge in [0.05, 0.1) is 5.56 Å². The van der Waals surface area contributed by atoms with E-state index in [1.54, 1.807) is 18.2 Å². The molecule has 0 heterocycles. The molecule has 0 unspecified atom stereocenters. The van der Waals surface area contributed by atoms with Crippen LogP contribution in [0.1, 0.15) is 11.1 Å². The summed E-state index contributed by atoms with van der Waals surface area (Å²) in [7, 11) is 0. The van der Waals surface area contributed by atoms with Crippen LogP contribution in [0.25, 0.3) is 0 Å². The lowest BCUT2D eigenvalue weighted by Gasteiger charge is -2.07. The second-order valence-electron chi connectivity index (χ2n) is 3.67. The maximum atomic E-state index is 8.96. The van der Waals surface area contributed by atoms with Gasteiger partial charge in [-0.15, -0.1) is 0 Å². The Morgan fingerprint density at radius 1 is 1.12 bits per heavy atom. The number of nitriles is 1. The van der Waals surface area contributed by atoms with Gasteiger partial charge in [0.2, 0.25) is 0 Å². The average Bonchev–Trinajstić information content (AvgIpc) is 2.32. The molecule has 0 aliphatic rings. The number of hydrogen-bond donors (Lipinski definition) is 0. The number of rotatable bonds is 2. The Bertz CT molecular complexity index is 570. The normalized spacial score (nSPS) is 9.71. The summed E-state index contributed by atoms with van der Waals surface area (Å²) in [6.45, 7) is 2.00. The Morgan fingerprint density at radius 2 is 1.82 bits per heavy atom. The topological polar surface area (TPSA) is 33.0 Å². The lowest BCUT2D eigenvalue weighted by atomic mass is 10.2. The Morgan fingerprint density at radius 3 is 2.47 bits per heavy atom. The van der Waals surface area contributed by atoms with Crippen molar-refractivity contribution >= 4 is 11.6 Å². The van der Waals surface area contributed by atoms with Gasteiger partial charge in [-0.25, -0.2) is 0 Å². The van der Waals surface area contributed by atoms with Crippen LogP contribution in [0.3, 0.4) is 0 Å². The predicted octanol–water partition coefficient (Wildman–Crippen LogP) is 4.31. The minimum atomic E-state index is 0.468. The van der Waals surface area contributed by atoms with Gasteiger partial charge in [0, 0.05) is 11.1 Å². The SMILES string of the molecule is Cc1ccc(Oc2cc(Cl)ccc2C#N)cc1. The average molecular weight is 244 g/mol.